The second-order valence-electron chi connectivity index (χ2n) is 5.03. The van der Waals surface area contributed by atoms with Crippen LogP contribution in [0.2, 0.25) is 0 Å². The molecule has 3 heteroatoms. The van der Waals surface area contributed by atoms with Crippen LogP contribution < -0.4 is 10.6 Å². The quantitative estimate of drug-likeness (QED) is 0.847. The van der Waals surface area contributed by atoms with Crippen LogP contribution in [0.3, 0.4) is 0 Å². The Balaban J connectivity index is 2.12. The van der Waals surface area contributed by atoms with Gasteiger partial charge in [-0.05, 0) is 43.4 Å². The number of halogens is 1. The van der Waals surface area contributed by atoms with Crippen LogP contribution >= 0.6 is 0 Å². The number of nitrogens with zero attached hydrogens (tertiary/aromatic N) is 1. The van der Waals surface area contributed by atoms with E-state index in [-0.39, 0.29) is 11.4 Å². The van der Waals surface area contributed by atoms with E-state index in [4.69, 9.17) is 5.73 Å². The molecule has 0 spiro atoms. The lowest BCUT2D eigenvalue weighted by Crippen LogP contribution is -2.22. The van der Waals surface area contributed by atoms with Gasteiger partial charge in [0.2, 0.25) is 0 Å². The van der Waals surface area contributed by atoms with Gasteiger partial charge in [0.05, 0.1) is 0 Å². The monoisotopic (exact) mass is 222 g/mol. The summed E-state index contributed by atoms with van der Waals surface area (Å²) >= 11 is 0. The summed E-state index contributed by atoms with van der Waals surface area (Å²) in [5.41, 5.74) is 8.28. The van der Waals surface area contributed by atoms with Crippen molar-refractivity contribution in [1.82, 2.24) is 0 Å². The van der Waals surface area contributed by atoms with Gasteiger partial charge >= 0.3 is 0 Å². The standard InChI is InChI=1S/C13H19FN2/c1-16(2)12-9-11(14)4-3-10(12)5-6-13(15)7-8-13/h3-4,9H,5-8,15H2,1-2H3. The third kappa shape index (κ3) is 2.53. The second kappa shape index (κ2) is 4.06. The van der Waals surface area contributed by atoms with Crippen molar-refractivity contribution < 1.29 is 4.39 Å². The van der Waals surface area contributed by atoms with E-state index >= 15 is 0 Å². The minimum absolute atomic E-state index is 0.0674. The molecule has 16 heavy (non-hydrogen) atoms. The molecule has 88 valence electrons. The first-order chi connectivity index (χ1) is 7.50. The zero-order chi connectivity index (χ0) is 11.8. The molecule has 0 aliphatic heterocycles. The molecule has 0 amide bonds. The number of aryl methyl sites for hydroxylation is 1. The van der Waals surface area contributed by atoms with E-state index in [0.29, 0.717) is 0 Å². The molecule has 1 aliphatic rings. The molecule has 1 fully saturated rings. The molecule has 2 rings (SSSR count). The van der Waals surface area contributed by atoms with Gasteiger partial charge in [-0.3, -0.25) is 0 Å². The lowest BCUT2D eigenvalue weighted by atomic mass is 10.0. The fourth-order valence-corrected chi connectivity index (χ4v) is 1.96. The van der Waals surface area contributed by atoms with Gasteiger partial charge in [-0.1, -0.05) is 6.07 Å². The molecule has 2 nitrogen and oxygen atoms in total. The molecule has 1 aliphatic carbocycles. The molecule has 0 radical (unpaired) electrons. The molecule has 0 atom stereocenters. The van der Waals surface area contributed by atoms with E-state index < -0.39 is 0 Å². The summed E-state index contributed by atoms with van der Waals surface area (Å²) < 4.78 is 13.1. The Morgan fingerprint density at radius 1 is 1.38 bits per heavy atom. The average molecular weight is 222 g/mol. The molecule has 1 aromatic carbocycles. The molecule has 0 aromatic heterocycles. The van der Waals surface area contributed by atoms with Gasteiger partial charge in [0, 0.05) is 25.3 Å². The normalized spacial score (nSPS) is 17.2. The van der Waals surface area contributed by atoms with Crippen LogP contribution in [-0.2, 0) is 6.42 Å². The number of nitrogens with two attached hydrogens (primary N) is 1. The van der Waals surface area contributed by atoms with Gasteiger partial charge in [0.15, 0.2) is 0 Å². The zero-order valence-corrected chi connectivity index (χ0v) is 9.96. The van der Waals surface area contributed by atoms with Crippen molar-refractivity contribution in [2.24, 2.45) is 5.73 Å². The highest BCUT2D eigenvalue weighted by Crippen LogP contribution is 2.37. The first-order valence-corrected chi connectivity index (χ1v) is 5.75. The Bertz CT molecular complexity index is 384. The summed E-state index contributed by atoms with van der Waals surface area (Å²) in [5, 5.41) is 0. The summed E-state index contributed by atoms with van der Waals surface area (Å²) in [6.07, 6.45) is 4.20. The zero-order valence-electron chi connectivity index (χ0n) is 9.96. The van der Waals surface area contributed by atoms with Crippen LogP contribution in [0.4, 0.5) is 10.1 Å². The van der Waals surface area contributed by atoms with Crippen molar-refractivity contribution in [2.45, 2.75) is 31.2 Å². The highest BCUT2D eigenvalue weighted by Gasteiger charge is 2.37. The summed E-state index contributed by atoms with van der Waals surface area (Å²) in [4.78, 5) is 1.95. The van der Waals surface area contributed by atoms with Crippen molar-refractivity contribution >= 4 is 5.69 Å². The Labute approximate surface area is 96.2 Å². The lowest BCUT2D eigenvalue weighted by Gasteiger charge is -2.18. The van der Waals surface area contributed by atoms with E-state index in [1.165, 1.54) is 11.6 Å². The van der Waals surface area contributed by atoms with Gasteiger partial charge in [-0.15, -0.1) is 0 Å². The van der Waals surface area contributed by atoms with Crippen molar-refractivity contribution in [3.05, 3.63) is 29.6 Å². The maximum Gasteiger partial charge on any atom is 0.125 e. The molecule has 1 saturated carbocycles. The van der Waals surface area contributed by atoms with Crippen LogP contribution in [0.1, 0.15) is 24.8 Å². The Kier molecular flexibility index (Phi) is 2.89. The second-order valence-corrected chi connectivity index (χ2v) is 5.03. The van der Waals surface area contributed by atoms with Gasteiger partial charge in [-0.25, -0.2) is 4.39 Å². The van der Waals surface area contributed by atoms with E-state index in [9.17, 15) is 4.39 Å². The van der Waals surface area contributed by atoms with Gasteiger partial charge < -0.3 is 10.6 Å². The number of anilines is 1. The van der Waals surface area contributed by atoms with Crippen LogP contribution in [0, 0.1) is 5.82 Å². The summed E-state index contributed by atoms with van der Waals surface area (Å²) in [6.45, 7) is 0. The van der Waals surface area contributed by atoms with Crippen LogP contribution in [0.5, 0.6) is 0 Å². The van der Waals surface area contributed by atoms with Crippen molar-refractivity contribution in [2.75, 3.05) is 19.0 Å². The Morgan fingerprint density at radius 2 is 2.06 bits per heavy atom. The first kappa shape index (κ1) is 11.4. The Hall–Kier alpha value is -1.09. The third-order valence-electron chi connectivity index (χ3n) is 3.31. The first-order valence-electron chi connectivity index (χ1n) is 5.75. The van der Waals surface area contributed by atoms with Crippen LogP contribution in [0.25, 0.3) is 0 Å². The van der Waals surface area contributed by atoms with E-state index in [2.05, 4.69) is 0 Å². The van der Waals surface area contributed by atoms with Crippen LogP contribution in [0.15, 0.2) is 18.2 Å². The molecule has 0 unspecified atom stereocenters. The molecule has 0 heterocycles. The number of benzene rings is 1. The molecular weight excluding hydrogens is 203 g/mol. The van der Waals surface area contributed by atoms with Crippen molar-refractivity contribution in [3.8, 4) is 0 Å². The molecule has 1 aromatic rings. The molecule has 0 saturated heterocycles. The summed E-state index contributed by atoms with van der Waals surface area (Å²) in [5.74, 6) is -0.179. The molecule has 2 N–H and O–H groups in total. The minimum Gasteiger partial charge on any atom is -0.377 e. The molecular formula is C13H19FN2. The SMILES string of the molecule is CN(C)c1cc(F)ccc1CCC1(N)CC1. The smallest absolute Gasteiger partial charge is 0.125 e. The van der Waals surface area contributed by atoms with Crippen molar-refractivity contribution in [3.63, 3.8) is 0 Å². The van der Waals surface area contributed by atoms with Gasteiger partial charge in [0.25, 0.3) is 0 Å². The predicted molar refractivity (Wildman–Crippen MR) is 65.2 cm³/mol. The predicted octanol–water partition coefficient (Wildman–Crippen LogP) is 2.32. The topological polar surface area (TPSA) is 29.3 Å². The summed E-state index contributed by atoms with van der Waals surface area (Å²) in [7, 11) is 3.88. The highest BCUT2D eigenvalue weighted by molar-refractivity contribution is 5.53. The van der Waals surface area contributed by atoms with Gasteiger partial charge in [-0.2, -0.15) is 0 Å². The third-order valence-corrected chi connectivity index (χ3v) is 3.31. The maximum atomic E-state index is 13.1. The highest BCUT2D eigenvalue weighted by atomic mass is 19.1. The average Bonchev–Trinajstić information content (AvgIpc) is 2.95. The summed E-state index contributed by atoms with van der Waals surface area (Å²) in [6, 6.07) is 4.99. The fraction of sp³-hybridized carbons (Fsp3) is 0.538. The minimum atomic E-state index is -0.179. The number of hydrogen-bond acceptors (Lipinski definition) is 2. The Morgan fingerprint density at radius 3 is 2.62 bits per heavy atom. The van der Waals surface area contributed by atoms with Crippen molar-refractivity contribution in [1.29, 1.82) is 0 Å². The maximum absolute atomic E-state index is 13.1. The fourth-order valence-electron chi connectivity index (χ4n) is 1.96. The van der Waals surface area contributed by atoms with E-state index in [1.807, 2.05) is 25.1 Å². The lowest BCUT2D eigenvalue weighted by molar-refractivity contribution is 0.605. The van der Waals surface area contributed by atoms with Crippen LogP contribution in [-0.4, -0.2) is 19.6 Å². The number of rotatable bonds is 4. The molecule has 0 bridgehead atoms. The van der Waals surface area contributed by atoms with E-state index in [1.54, 1.807) is 6.07 Å². The van der Waals surface area contributed by atoms with E-state index in [0.717, 1.165) is 31.4 Å². The largest absolute Gasteiger partial charge is 0.377 e. The van der Waals surface area contributed by atoms with Gasteiger partial charge in [0.1, 0.15) is 5.82 Å². The number of hydrogen-bond donors (Lipinski definition) is 1.